The molecule has 9 heavy (non-hydrogen) atoms. The van der Waals surface area contributed by atoms with Crippen LogP contribution in [-0.2, 0) is 0 Å². The van der Waals surface area contributed by atoms with Crippen LogP contribution in [-0.4, -0.2) is 26.2 Å². The Morgan fingerprint density at radius 3 is 1.89 bits per heavy atom. The molecule has 52 valence electrons. The van der Waals surface area contributed by atoms with E-state index < -0.39 is 11.5 Å². The maximum absolute atomic E-state index is 8.72. The van der Waals surface area contributed by atoms with Gasteiger partial charge in [0.1, 0.15) is 5.76 Å². The Bertz CT molecular complexity index is 158. The largest absolute Gasteiger partial charge is 0.509 e. The van der Waals surface area contributed by atoms with Gasteiger partial charge in [0.2, 0.25) is 5.79 Å². The van der Waals surface area contributed by atoms with Crippen LogP contribution in [0.5, 0.6) is 0 Å². The van der Waals surface area contributed by atoms with Gasteiger partial charge in [-0.3, -0.25) is 0 Å². The monoisotopic (exact) mass is 132 g/mol. The fourth-order valence-corrected chi connectivity index (χ4v) is 0.761. The van der Waals surface area contributed by atoms with Gasteiger partial charge in [-0.05, 0) is 0 Å². The molecule has 0 aromatic carbocycles. The van der Waals surface area contributed by atoms with Crippen molar-refractivity contribution >= 4 is 0 Å². The fourth-order valence-electron chi connectivity index (χ4n) is 0.761. The highest BCUT2D eigenvalue weighted by molar-refractivity contribution is 5.14. The second-order valence-corrected chi connectivity index (χ2v) is 2.11. The third-order valence-corrected chi connectivity index (χ3v) is 1.36. The Balaban J connectivity index is 2.88. The maximum Gasteiger partial charge on any atom is 0.226 e. The zero-order valence-corrected chi connectivity index (χ0v) is 4.70. The smallest absolute Gasteiger partial charge is 0.226 e. The fraction of sp³-hybridized carbons (Fsp3) is 0.600. The molecule has 1 aliphatic rings. The number of hydrogen-bond acceptors (Lipinski definition) is 4. The SMILES string of the molecule is OC1=C(O)C(O)(O)CC1. The topological polar surface area (TPSA) is 80.9 Å². The van der Waals surface area contributed by atoms with E-state index in [9.17, 15) is 0 Å². The summed E-state index contributed by atoms with van der Waals surface area (Å²) < 4.78 is 0. The summed E-state index contributed by atoms with van der Waals surface area (Å²) in [5.41, 5.74) is 0. The van der Waals surface area contributed by atoms with Crippen LogP contribution in [0, 0.1) is 0 Å². The Hall–Kier alpha value is -0.740. The first kappa shape index (κ1) is 6.38. The van der Waals surface area contributed by atoms with Gasteiger partial charge in [-0.25, -0.2) is 0 Å². The quantitative estimate of drug-likeness (QED) is 0.344. The van der Waals surface area contributed by atoms with Crippen LogP contribution in [0.3, 0.4) is 0 Å². The Morgan fingerprint density at radius 2 is 1.78 bits per heavy atom. The van der Waals surface area contributed by atoms with Crippen molar-refractivity contribution in [2.75, 3.05) is 0 Å². The minimum atomic E-state index is -2.19. The number of aliphatic hydroxyl groups is 4. The lowest BCUT2D eigenvalue weighted by Gasteiger charge is -2.12. The van der Waals surface area contributed by atoms with Gasteiger partial charge in [-0.2, -0.15) is 0 Å². The molecule has 1 aliphatic carbocycles. The van der Waals surface area contributed by atoms with Crippen molar-refractivity contribution < 1.29 is 20.4 Å². The molecule has 0 aliphatic heterocycles. The third-order valence-electron chi connectivity index (χ3n) is 1.36. The average molecular weight is 132 g/mol. The van der Waals surface area contributed by atoms with E-state index in [2.05, 4.69) is 0 Å². The molecule has 0 atom stereocenters. The summed E-state index contributed by atoms with van der Waals surface area (Å²) in [4.78, 5) is 0. The van der Waals surface area contributed by atoms with E-state index in [4.69, 9.17) is 20.4 Å². The number of rotatable bonds is 0. The zero-order chi connectivity index (χ0) is 7.07. The van der Waals surface area contributed by atoms with Gasteiger partial charge in [-0.1, -0.05) is 0 Å². The standard InChI is InChI=1S/C5H8O4/c6-3-1-2-5(8,9)4(3)7/h6-9H,1-2H2. The summed E-state index contributed by atoms with van der Waals surface area (Å²) in [6, 6.07) is 0. The zero-order valence-electron chi connectivity index (χ0n) is 4.70. The van der Waals surface area contributed by atoms with Crippen LogP contribution in [0.2, 0.25) is 0 Å². The molecule has 4 heteroatoms. The van der Waals surface area contributed by atoms with Gasteiger partial charge in [-0.15, -0.1) is 0 Å². The number of allylic oxidation sites excluding steroid dienone is 1. The summed E-state index contributed by atoms with van der Waals surface area (Å²) in [6.45, 7) is 0. The summed E-state index contributed by atoms with van der Waals surface area (Å²) in [7, 11) is 0. The molecule has 0 radical (unpaired) electrons. The van der Waals surface area contributed by atoms with Crippen LogP contribution in [0.25, 0.3) is 0 Å². The molecule has 0 unspecified atom stereocenters. The lowest BCUT2D eigenvalue weighted by Crippen LogP contribution is -2.26. The van der Waals surface area contributed by atoms with Crippen molar-refractivity contribution in [2.45, 2.75) is 18.6 Å². The molecule has 0 saturated carbocycles. The van der Waals surface area contributed by atoms with E-state index in [0.717, 1.165) is 0 Å². The minimum Gasteiger partial charge on any atom is -0.509 e. The Kier molecular flexibility index (Phi) is 1.15. The molecule has 0 aromatic heterocycles. The lowest BCUT2D eigenvalue weighted by atomic mass is 10.2. The van der Waals surface area contributed by atoms with Crippen LogP contribution in [0.15, 0.2) is 11.5 Å². The molecule has 4 nitrogen and oxygen atoms in total. The van der Waals surface area contributed by atoms with Crippen molar-refractivity contribution in [2.24, 2.45) is 0 Å². The summed E-state index contributed by atoms with van der Waals surface area (Å²) in [5, 5.41) is 34.7. The number of hydrogen-bond donors (Lipinski definition) is 4. The van der Waals surface area contributed by atoms with Gasteiger partial charge in [0.25, 0.3) is 0 Å². The first-order valence-electron chi connectivity index (χ1n) is 2.60. The van der Waals surface area contributed by atoms with Crippen LogP contribution >= 0.6 is 0 Å². The highest BCUT2D eigenvalue weighted by Gasteiger charge is 2.37. The molecule has 0 fully saturated rings. The molecule has 1 rings (SSSR count). The Labute approximate surface area is 51.7 Å². The summed E-state index contributed by atoms with van der Waals surface area (Å²) in [6.07, 6.45) is 0.0868. The lowest BCUT2D eigenvalue weighted by molar-refractivity contribution is -0.148. The second kappa shape index (κ2) is 1.62. The van der Waals surface area contributed by atoms with E-state index in [0.29, 0.717) is 0 Å². The van der Waals surface area contributed by atoms with Crippen LogP contribution in [0.4, 0.5) is 0 Å². The molecule has 4 N–H and O–H groups in total. The van der Waals surface area contributed by atoms with Gasteiger partial charge in [0.05, 0.1) is 0 Å². The Morgan fingerprint density at radius 1 is 1.22 bits per heavy atom. The summed E-state index contributed by atoms with van der Waals surface area (Å²) in [5.74, 6) is -3.24. The van der Waals surface area contributed by atoms with Crippen molar-refractivity contribution in [3.63, 3.8) is 0 Å². The minimum absolute atomic E-state index is 0.0370. The van der Waals surface area contributed by atoms with Gasteiger partial charge in [0, 0.05) is 12.8 Å². The maximum atomic E-state index is 8.72. The average Bonchev–Trinajstić information content (AvgIpc) is 1.97. The van der Waals surface area contributed by atoms with Crippen LogP contribution < -0.4 is 0 Å². The summed E-state index contributed by atoms with van der Waals surface area (Å²) >= 11 is 0. The second-order valence-electron chi connectivity index (χ2n) is 2.11. The van der Waals surface area contributed by atoms with E-state index >= 15 is 0 Å². The highest BCUT2D eigenvalue weighted by Crippen LogP contribution is 2.29. The first-order valence-corrected chi connectivity index (χ1v) is 2.60. The van der Waals surface area contributed by atoms with Gasteiger partial charge >= 0.3 is 0 Å². The molecule has 0 spiro atoms. The number of aliphatic hydroxyl groups excluding tert-OH is 2. The molecular formula is C5H8O4. The predicted octanol–water partition coefficient (Wildman–Crippen LogP) is -0.211. The molecule has 0 aromatic rings. The van der Waals surface area contributed by atoms with Gasteiger partial charge in [0.15, 0.2) is 5.76 Å². The van der Waals surface area contributed by atoms with Crippen molar-refractivity contribution in [1.29, 1.82) is 0 Å². The van der Waals surface area contributed by atoms with Gasteiger partial charge < -0.3 is 20.4 Å². The first-order chi connectivity index (χ1) is 4.04. The normalized spacial score (nSPS) is 25.1. The molecule has 0 saturated heterocycles. The highest BCUT2D eigenvalue weighted by atomic mass is 16.5. The van der Waals surface area contributed by atoms with Crippen LogP contribution in [0.1, 0.15) is 12.8 Å². The molecule has 0 bridgehead atoms. The van der Waals surface area contributed by atoms with Crippen molar-refractivity contribution in [3.05, 3.63) is 11.5 Å². The van der Waals surface area contributed by atoms with E-state index in [1.165, 1.54) is 0 Å². The third kappa shape index (κ3) is 0.863. The molecule has 0 amide bonds. The van der Waals surface area contributed by atoms with E-state index in [1.807, 2.05) is 0 Å². The van der Waals surface area contributed by atoms with Crippen molar-refractivity contribution in [1.82, 2.24) is 0 Å². The van der Waals surface area contributed by atoms with E-state index in [-0.39, 0.29) is 18.6 Å². The molecule has 0 heterocycles. The predicted molar refractivity (Wildman–Crippen MR) is 28.7 cm³/mol. The van der Waals surface area contributed by atoms with Crippen molar-refractivity contribution in [3.8, 4) is 0 Å². The molecular weight excluding hydrogens is 124 g/mol. The van der Waals surface area contributed by atoms with E-state index in [1.54, 1.807) is 0 Å².